The Morgan fingerprint density at radius 2 is 1.71 bits per heavy atom. The zero-order valence-electron chi connectivity index (χ0n) is 13.3. The molecule has 0 atom stereocenters. The van der Waals surface area contributed by atoms with Crippen LogP contribution in [-0.2, 0) is 10.0 Å². The first-order chi connectivity index (χ1) is 11.6. The Labute approximate surface area is 142 Å². The molecule has 2 aromatic carbocycles. The molecule has 0 aliphatic carbocycles. The van der Waals surface area contributed by atoms with Crippen molar-refractivity contribution in [2.75, 3.05) is 22.7 Å². The number of rotatable bonds is 4. The van der Waals surface area contributed by atoms with Crippen molar-refractivity contribution in [3.05, 3.63) is 54.1 Å². The average molecular weight is 341 g/mol. The molecular formula is C18H19N3O2S. The molecule has 1 aliphatic heterocycles. The summed E-state index contributed by atoms with van der Waals surface area (Å²) in [6.07, 6.45) is 3.67. The Kier molecular flexibility index (Phi) is 4.72. The van der Waals surface area contributed by atoms with E-state index in [2.05, 4.69) is 9.62 Å². The van der Waals surface area contributed by atoms with Crippen LogP contribution in [0, 0.1) is 11.3 Å². The van der Waals surface area contributed by atoms with Crippen molar-refractivity contribution in [2.45, 2.75) is 24.2 Å². The number of hydrogen-bond donors (Lipinski definition) is 1. The summed E-state index contributed by atoms with van der Waals surface area (Å²) in [5.41, 5.74) is 1.94. The van der Waals surface area contributed by atoms with E-state index in [4.69, 9.17) is 5.26 Å². The molecule has 0 saturated carbocycles. The quantitative estimate of drug-likeness (QED) is 0.925. The molecule has 0 unspecified atom stereocenters. The lowest BCUT2D eigenvalue weighted by atomic mass is 10.1. The van der Waals surface area contributed by atoms with Gasteiger partial charge in [0.25, 0.3) is 10.0 Å². The van der Waals surface area contributed by atoms with Crippen molar-refractivity contribution in [2.24, 2.45) is 0 Å². The molecule has 0 radical (unpaired) electrons. The van der Waals surface area contributed by atoms with Gasteiger partial charge in [-0.1, -0.05) is 6.07 Å². The first-order valence-electron chi connectivity index (χ1n) is 7.96. The van der Waals surface area contributed by atoms with Gasteiger partial charge in [-0.25, -0.2) is 8.42 Å². The zero-order valence-corrected chi connectivity index (χ0v) is 14.1. The fourth-order valence-electron chi connectivity index (χ4n) is 2.84. The van der Waals surface area contributed by atoms with E-state index in [0.29, 0.717) is 11.3 Å². The molecule has 24 heavy (non-hydrogen) atoms. The van der Waals surface area contributed by atoms with Crippen molar-refractivity contribution in [1.82, 2.24) is 0 Å². The molecule has 0 bridgehead atoms. The van der Waals surface area contributed by atoms with E-state index >= 15 is 0 Å². The number of nitrogens with one attached hydrogen (secondary N) is 1. The maximum Gasteiger partial charge on any atom is 0.261 e. The zero-order chi connectivity index (χ0) is 17.0. The fourth-order valence-corrected chi connectivity index (χ4v) is 3.94. The number of hydrogen-bond acceptors (Lipinski definition) is 4. The van der Waals surface area contributed by atoms with Crippen molar-refractivity contribution >= 4 is 21.4 Å². The highest BCUT2D eigenvalue weighted by atomic mass is 32.2. The Hall–Kier alpha value is -2.52. The van der Waals surface area contributed by atoms with Gasteiger partial charge in [-0.05, 0) is 61.7 Å². The van der Waals surface area contributed by atoms with Gasteiger partial charge in [0.2, 0.25) is 0 Å². The van der Waals surface area contributed by atoms with E-state index in [1.807, 2.05) is 18.2 Å². The van der Waals surface area contributed by atoms with E-state index in [1.54, 1.807) is 24.3 Å². The lowest BCUT2D eigenvalue weighted by Crippen LogP contribution is -2.29. The van der Waals surface area contributed by atoms with Crippen LogP contribution >= 0.6 is 0 Å². The average Bonchev–Trinajstić information content (AvgIpc) is 2.63. The minimum absolute atomic E-state index is 0.0849. The van der Waals surface area contributed by atoms with Crippen molar-refractivity contribution in [1.29, 1.82) is 5.26 Å². The predicted molar refractivity (Wildman–Crippen MR) is 94.5 cm³/mol. The van der Waals surface area contributed by atoms with Gasteiger partial charge in [0.15, 0.2) is 0 Å². The summed E-state index contributed by atoms with van der Waals surface area (Å²) in [6, 6.07) is 15.4. The highest BCUT2D eigenvalue weighted by Gasteiger charge is 2.15. The molecular weight excluding hydrogens is 322 g/mol. The molecule has 3 rings (SSSR count). The van der Waals surface area contributed by atoms with Gasteiger partial charge in [0, 0.05) is 24.5 Å². The number of sulfonamides is 1. The van der Waals surface area contributed by atoms with Crippen LogP contribution in [0.25, 0.3) is 0 Å². The molecule has 1 fully saturated rings. The van der Waals surface area contributed by atoms with Gasteiger partial charge in [0.05, 0.1) is 16.5 Å². The molecule has 0 aromatic heterocycles. The topological polar surface area (TPSA) is 73.2 Å². The summed E-state index contributed by atoms with van der Waals surface area (Å²) < 4.78 is 27.4. The second-order valence-electron chi connectivity index (χ2n) is 5.84. The molecule has 1 aliphatic rings. The Bertz CT molecular complexity index is 849. The third-order valence-electron chi connectivity index (χ3n) is 4.11. The van der Waals surface area contributed by atoms with Gasteiger partial charge in [-0.2, -0.15) is 5.26 Å². The number of piperidine rings is 1. The van der Waals surface area contributed by atoms with E-state index in [1.165, 1.54) is 31.4 Å². The SMILES string of the molecule is N#Cc1cccc(S(=O)(=O)Nc2ccc(N3CCCCC3)cc2)c1. The predicted octanol–water partition coefficient (Wildman–Crippen LogP) is 3.35. The maximum absolute atomic E-state index is 12.4. The first-order valence-corrected chi connectivity index (χ1v) is 9.45. The van der Waals surface area contributed by atoms with Crippen LogP contribution in [0.4, 0.5) is 11.4 Å². The molecule has 5 nitrogen and oxygen atoms in total. The summed E-state index contributed by atoms with van der Waals surface area (Å²) in [7, 11) is -3.70. The Balaban J connectivity index is 1.76. The first kappa shape index (κ1) is 16.3. The van der Waals surface area contributed by atoms with Crippen LogP contribution in [0.15, 0.2) is 53.4 Å². The number of anilines is 2. The van der Waals surface area contributed by atoms with Crippen LogP contribution in [0.2, 0.25) is 0 Å². The van der Waals surface area contributed by atoms with E-state index in [-0.39, 0.29) is 4.90 Å². The highest BCUT2D eigenvalue weighted by molar-refractivity contribution is 7.92. The minimum Gasteiger partial charge on any atom is -0.372 e. The molecule has 1 heterocycles. The third kappa shape index (κ3) is 3.69. The number of nitrogens with zero attached hydrogens (tertiary/aromatic N) is 2. The lowest BCUT2D eigenvalue weighted by molar-refractivity contribution is 0.578. The third-order valence-corrected chi connectivity index (χ3v) is 5.49. The monoisotopic (exact) mass is 341 g/mol. The second kappa shape index (κ2) is 6.93. The van der Waals surface area contributed by atoms with Crippen LogP contribution in [0.3, 0.4) is 0 Å². The Morgan fingerprint density at radius 3 is 2.38 bits per heavy atom. The maximum atomic E-state index is 12.4. The molecule has 1 N–H and O–H groups in total. The van der Waals surface area contributed by atoms with Gasteiger partial charge < -0.3 is 4.90 Å². The standard InChI is InChI=1S/C18H19N3O2S/c19-14-15-5-4-6-18(13-15)24(22,23)20-16-7-9-17(10-8-16)21-11-2-1-3-12-21/h4-10,13,20H,1-3,11-12H2. The van der Waals surface area contributed by atoms with E-state index in [0.717, 1.165) is 18.8 Å². The summed E-state index contributed by atoms with van der Waals surface area (Å²) in [5, 5.41) is 8.90. The number of benzene rings is 2. The van der Waals surface area contributed by atoms with Gasteiger partial charge in [0.1, 0.15) is 0 Å². The normalized spacial score (nSPS) is 14.9. The van der Waals surface area contributed by atoms with Gasteiger partial charge in [-0.3, -0.25) is 4.72 Å². The summed E-state index contributed by atoms with van der Waals surface area (Å²) in [6.45, 7) is 2.10. The minimum atomic E-state index is -3.70. The molecule has 0 amide bonds. The van der Waals surface area contributed by atoms with Crippen LogP contribution < -0.4 is 9.62 Å². The molecule has 6 heteroatoms. The van der Waals surface area contributed by atoms with Crippen molar-refractivity contribution in [3.63, 3.8) is 0 Å². The summed E-state index contributed by atoms with van der Waals surface area (Å²) in [5.74, 6) is 0. The van der Waals surface area contributed by atoms with E-state index in [9.17, 15) is 8.42 Å². The second-order valence-corrected chi connectivity index (χ2v) is 7.52. The van der Waals surface area contributed by atoms with Gasteiger partial charge >= 0.3 is 0 Å². The van der Waals surface area contributed by atoms with Crippen LogP contribution in [-0.4, -0.2) is 21.5 Å². The fraction of sp³-hybridized carbons (Fsp3) is 0.278. The van der Waals surface area contributed by atoms with Crippen LogP contribution in [0.5, 0.6) is 0 Å². The Morgan fingerprint density at radius 1 is 1.00 bits per heavy atom. The van der Waals surface area contributed by atoms with Crippen LogP contribution in [0.1, 0.15) is 24.8 Å². The molecule has 1 saturated heterocycles. The lowest BCUT2D eigenvalue weighted by Gasteiger charge is -2.28. The number of nitriles is 1. The summed E-state index contributed by atoms with van der Waals surface area (Å²) in [4.78, 5) is 2.40. The highest BCUT2D eigenvalue weighted by Crippen LogP contribution is 2.23. The van der Waals surface area contributed by atoms with Crippen molar-refractivity contribution in [3.8, 4) is 6.07 Å². The van der Waals surface area contributed by atoms with E-state index < -0.39 is 10.0 Å². The van der Waals surface area contributed by atoms with Gasteiger partial charge in [-0.15, -0.1) is 0 Å². The van der Waals surface area contributed by atoms with Crippen molar-refractivity contribution < 1.29 is 8.42 Å². The molecule has 2 aromatic rings. The smallest absolute Gasteiger partial charge is 0.261 e. The molecule has 0 spiro atoms. The summed E-state index contributed by atoms with van der Waals surface area (Å²) >= 11 is 0. The largest absolute Gasteiger partial charge is 0.372 e. The molecule has 124 valence electrons.